The number of hydrogen-bond acceptors (Lipinski definition) is 15. The van der Waals surface area contributed by atoms with E-state index < -0.39 is 94.7 Å². The van der Waals surface area contributed by atoms with E-state index in [1.54, 1.807) is 32.3 Å². The Morgan fingerprint density at radius 1 is 0.929 bits per heavy atom. The zero-order valence-corrected chi connectivity index (χ0v) is 24.8. The first-order valence-corrected chi connectivity index (χ1v) is 16.5. The maximum atomic E-state index is 12.9. The molecule has 6 heterocycles. The molecule has 4 aliphatic heterocycles. The third-order valence-electron chi connectivity index (χ3n) is 7.02. The van der Waals surface area contributed by atoms with Crippen molar-refractivity contribution in [3.05, 3.63) is 12.7 Å². The summed E-state index contributed by atoms with van der Waals surface area (Å²) in [6, 6.07) is 0. The van der Waals surface area contributed by atoms with Gasteiger partial charge in [0.15, 0.2) is 47.4 Å². The third kappa shape index (κ3) is 5.74. The number of hydrogen-bond donors (Lipinski definition) is 3. The van der Waals surface area contributed by atoms with E-state index in [-0.39, 0.29) is 5.82 Å². The van der Waals surface area contributed by atoms with Crippen LogP contribution in [0.1, 0.15) is 33.9 Å². The molecule has 4 N–H and O–H groups in total. The minimum atomic E-state index is -4.71. The van der Waals surface area contributed by atoms with Gasteiger partial charge < -0.3 is 53.0 Å². The summed E-state index contributed by atoms with van der Waals surface area (Å²) in [7, 11) is -9.41. The zero-order chi connectivity index (χ0) is 30.2. The number of anilines is 1. The van der Waals surface area contributed by atoms with Crippen LogP contribution in [0.15, 0.2) is 12.7 Å². The summed E-state index contributed by atoms with van der Waals surface area (Å²) in [4.78, 5) is 45.2. The summed E-state index contributed by atoms with van der Waals surface area (Å²) in [6.07, 6.45) is -3.34. The number of aromatic nitrogens is 4. The molecule has 18 nitrogen and oxygen atoms in total. The van der Waals surface area contributed by atoms with Gasteiger partial charge in [-0.1, -0.05) is 0 Å². The molecule has 0 radical (unpaired) electrons. The second kappa shape index (κ2) is 10.2. The fourth-order valence-corrected chi connectivity index (χ4v) is 8.64. The van der Waals surface area contributed by atoms with E-state index in [9.17, 15) is 23.7 Å². The van der Waals surface area contributed by atoms with Gasteiger partial charge in [-0.25, -0.2) is 19.7 Å². The van der Waals surface area contributed by atoms with Crippen LogP contribution in [0.4, 0.5) is 5.82 Å². The summed E-state index contributed by atoms with van der Waals surface area (Å²) in [6.45, 7) is 5.57. The number of carbonyl (C=O) groups is 1. The molecule has 4 saturated heterocycles. The molecule has 4 fully saturated rings. The van der Waals surface area contributed by atoms with Gasteiger partial charge in [0.25, 0.3) is 0 Å². The molecular weight excluding hydrogens is 604 g/mol. The number of esters is 1. The van der Waals surface area contributed by atoms with Gasteiger partial charge in [-0.3, -0.25) is 13.7 Å². The molecule has 0 saturated carbocycles. The first-order valence-electron chi connectivity index (χ1n) is 13.0. The number of rotatable bonds is 9. The normalized spacial score (nSPS) is 36.0. The number of nitrogens with two attached hydrogens (primary N) is 1. The van der Waals surface area contributed by atoms with Gasteiger partial charge >= 0.3 is 21.2 Å². The number of ether oxygens (including phenoxy) is 6. The summed E-state index contributed by atoms with van der Waals surface area (Å²) in [5.41, 5.74) is 6.63. The molecule has 9 atom stereocenters. The van der Waals surface area contributed by atoms with Crippen LogP contribution in [0.2, 0.25) is 0 Å². The number of nitrogens with zero attached hydrogens (tertiary/aromatic N) is 4. The molecule has 2 aromatic rings. The van der Waals surface area contributed by atoms with Crippen molar-refractivity contribution in [2.75, 3.05) is 24.9 Å². The fraction of sp³-hybridized carbons (Fsp3) is 0.727. The van der Waals surface area contributed by atoms with Crippen molar-refractivity contribution in [3.8, 4) is 0 Å². The number of fused-ring (bicyclic) bond motifs is 3. The van der Waals surface area contributed by atoms with E-state index >= 15 is 0 Å². The first-order chi connectivity index (χ1) is 19.5. The summed E-state index contributed by atoms with van der Waals surface area (Å²) < 4.78 is 71.8. The van der Waals surface area contributed by atoms with Crippen LogP contribution >= 0.6 is 15.2 Å². The van der Waals surface area contributed by atoms with E-state index in [2.05, 4.69) is 15.0 Å². The van der Waals surface area contributed by atoms with Crippen molar-refractivity contribution in [2.45, 2.75) is 82.1 Å². The average Bonchev–Trinajstić information content (AvgIpc) is 3.64. The second-order valence-corrected chi connectivity index (χ2v) is 15.4. The first kappa shape index (κ1) is 30.0. The highest BCUT2D eigenvalue weighted by Crippen LogP contribution is 2.59. The predicted molar refractivity (Wildman–Crippen MR) is 138 cm³/mol. The maximum absolute atomic E-state index is 12.9. The third-order valence-corrected chi connectivity index (χ3v) is 11.0. The highest BCUT2D eigenvalue weighted by atomic mass is 31.2. The van der Waals surface area contributed by atoms with E-state index in [1.807, 2.05) is 0 Å². The monoisotopic (exact) mass is 635 g/mol. The number of imidazole rings is 1. The fourth-order valence-electron chi connectivity index (χ4n) is 5.42. The molecule has 42 heavy (non-hydrogen) atoms. The van der Waals surface area contributed by atoms with Crippen molar-refractivity contribution < 1.29 is 61.2 Å². The van der Waals surface area contributed by atoms with Crippen LogP contribution < -0.4 is 5.73 Å². The smallest absolute Gasteiger partial charge is 0.340 e. The minimum absolute atomic E-state index is 0.174. The largest absolute Gasteiger partial charge is 0.455 e. The van der Waals surface area contributed by atoms with Crippen LogP contribution in [-0.4, -0.2) is 103 Å². The lowest BCUT2D eigenvalue weighted by Gasteiger charge is -2.25. The second-order valence-electron chi connectivity index (χ2n) is 11.2. The highest BCUT2D eigenvalue weighted by Gasteiger charge is 2.58. The van der Waals surface area contributed by atoms with Crippen LogP contribution in [0, 0.1) is 0 Å². The Morgan fingerprint density at radius 2 is 1.55 bits per heavy atom. The van der Waals surface area contributed by atoms with Gasteiger partial charge in [-0.15, -0.1) is 0 Å². The van der Waals surface area contributed by atoms with Crippen molar-refractivity contribution in [3.63, 3.8) is 0 Å². The van der Waals surface area contributed by atoms with Crippen molar-refractivity contribution in [2.24, 2.45) is 0 Å². The highest BCUT2D eigenvalue weighted by molar-refractivity contribution is 7.70. The van der Waals surface area contributed by atoms with Gasteiger partial charge in [0.1, 0.15) is 36.3 Å². The summed E-state index contributed by atoms with van der Waals surface area (Å²) >= 11 is 0. The Hall–Kier alpha value is -2.08. The van der Waals surface area contributed by atoms with Crippen molar-refractivity contribution in [1.82, 2.24) is 19.5 Å². The molecule has 0 bridgehead atoms. The van der Waals surface area contributed by atoms with Crippen molar-refractivity contribution >= 4 is 38.1 Å². The number of cyclic esters (lactones) is 1. The predicted octanol–water partition coefficient (Wildman–Crippen LogP) is 0.633. The molecule has 232 valence electrons. The van der Waals surface area contributed by atoms with Gasteiger partial charge in [-0.05, 0) is 27.7 Å². The Labute approximate surface area is 238 Å². The SMILES string of the molecule is CC1(C)OC2C(=O)O[C@H](COP(=O)(O)CP(=O)(O)OC[C@H]3O[C@@H](n4cnc5c(N)ncnc54)C4OC(C)(C)O[C@H]43)[C@@H]2O1. The molecule has 2 aromatic heterocycles. The molecule has 20 heteroatoms. The van der Waals surface area contributed by atoms with Crippen LogP contribution in [0.3, 0.4) is 0 Å². The van der Waals surface area contributed by atoms with Gasteiger partial charge in [-0.2, -0.15) is 0 Å². The van der Waals surface area contributed by atoms with E-state index in [0.29, 0.717) is 11.2 Å². The quantitative estimate of drug-likeness (QED) is 0.253. The summed E-state index contributed by atoms with van der Waals surface area (Å²) in [5.74, 6) is -3.82. The molecule has 0 aromatic carbocycles. The van der Waals surface area contributed by atoms with Crippen molar-refractivity contribution in [1.29, 1.82) is 0 Å². The van der Waals surface area contributed by atoms with E-state index in [4.69, 9.17) is 43.2 Å². The Morgan fingerprint density at radius 3 is 2.26 bits per heavy atom. The van der Waals surface area contributed by atoms with E-state index in [0.717, 1.165) is 0 Å². The van der Waals surface area contributed by atoms with Gasteiger partial charge in [0.05, 0.1) is 19.5 Å². The number of nitrogen functional groups attached to an aromatic ring is 1. The number of carbonyl (C=O) groups excluding carboxylic acids is 1. The molecule has 4 unspecified atom stereocenters. The standard InChI is InChI=1S/C22H31N5O13P2/c1-21(2)37-13-10(35-19(15(13)39-21)27-8-26-12-17(23)24-7-25-18(12)27)5-33-41(29,30)9-42(31,32)34-6-11-14-16(20(28)36-11)40-22(3,4)38-14/h7-8,10-11,13-16,19H,5-6,9H2,1-4H3,(H,29,30)(H,31,32)(H2,23,24,25)/t10-,11-,13+,14+,15?,16?,19-/m1/s1. The molecule has 0 amide bonds. The topological polar surface area (TPSA) is 235 Å². The lowest BCUT2D eigenvalue weighted by Crippen LogP contribution is -2.33. The Balaban J connectivity index is 1.09. The molecule has 4 aliphatic rings. The molecule has 6 rings (SSSR count). The lowest BCUT2D eigenvalue weighted by atomic mass is 10.1. The average molecular weight is 635 g/mol. The zero-order valence-electron chi connectivity index (χ0n) is 23.0. The Kier molecular flexibility index (Phi) is 7.31. The summed E-state index contributed by atoms with van der Waals surface area (Å²) in [5, 5.41) is 0. The van der Waals surface area contributed by atoms with Crippen LogP contribution in [-0.2, 0) is 51.4 Å². The van der Waals surface area contributed by atoms with Gasteiger partial charge in [0.2, 0.25) is 0 Å². The molecular formula is C22H31N5O13P2. The minimum Gasteiger partial charge on any atom is -0.455 e. The van der Waals surface area contributed by atoms with Crippen LogP contribution in [0.5, 0.6) is 0 Å². The van der Waals surface area contributed by atoms with E-state index in [1.165, 1.54) is 12.7 Å². The van der Waals surface area contributed by atoms with Gasteiger partial charge in [0, 0.05) is 0 Å². The molecule has 0 spiro atoms. The molecule has 0 aliphatic carbocycles. The Bertz CT molecular complexity index is 1490. The lowest BCUT2D eigenvalue weighted by molar-refractivity contribution is -0.199. The van der Waals surface area contributed by atoms with Crippen LogP contribution in [0.25, 0.3) is 11.2 Å². The maximum Gasteiger partial charge on any atom is 0.340 e.